The van der Waals surface area contributed by atoms with Gasteiger partial charge in [0.2, 0.25) is 0 Å². The first-order valence-electron chi connectivity index (χ1n) is 3.72. The molecule has 74 valence electrons. The summed E-state index contributed by atoms with van der Waals surface area (Å²) in [5, 5.41) is 1.63. The minimum Gasteiger partial charge on any atom is -0.330 e. The van der Waals surface area contributed by atoms with Crippen LogP contribution in [0, 0.1) is 0 Å². The number of hydrogen-bond acceptors (Lipinski definition) is 3. The van der Waals surface area contributed by atoms with Crippen LogP contribution in [0.1, 0.15) is 17.3 Å². The first-order valence-corrected chi connectivity index (χ1v) is 4.60. The van der Waals surface area contributed by atoms with Crippen LogP contribution in [0.25, 0.3) is 0 Å². The van der Waals surface area contributed by atoms with Crippen molar-refractivity contribution in [3.05, 3.63) is 16.6 Å². The van der Waals surface area contributed by atoms with Crippen LogP contribution in [0.5, 0.6) is 0 Å². The summed E-state index contributed by atoms with van der Waals surface area (Å²) in [6.07, 6.45) is -2.97. The lowest BCUT2D eigenvalue weighted by Gasteiger charge is -2.16. The molecule has 13 heavy (non-hydrogen) atoms. The van der Waals surface area contributed by atoms with Gasteiger partial charge in [0.25, 0.3) is 0 Å². The normalized spacial score (nSPS) is 14.5. The Morgan fingerprint density at radius 2 is 2.23 bits per heavy atom. The molecule has 0 fully saturated rings. The summed E-state index contributed by atoms with van der Waals surface area (Å²) in [7, 11) is 0. The predicted octanol–water partition coefficient (Wildman–Crippen LogP) is 2.14. The highest BCUT2D eigenvalue weighted by molar-refractivity contribution is 7.09. The summed E-state index contributed by atoms with van der Waals surface area (Å²) in [5.74, 6) is -1.50. The van der Waals surface area contributed by atoms with Crippen molar-refractivity contribution in [1.29, 1.82) is 0 Å². The van der Waals surface area contributed by atoms with Crippen LogP contribution >= 0.6 is 11.3 Å². The molecule has 1 rings (SSSR count). The van der Waals surface area contributed by atoms with Gasteiger partial charge in [-0.05, 0) is 13.0 Å². The van der Waals surface area contributed by atoms with Crippen LogP contribution < -0.4 is 5.73 Å². The number of nitrogens with two attached hydrogens (primary N) is 1. The summed E-state index contributed by atoms with van der Waals surface area (Å²) in [5.41, 5.74) is 5.11. The Morgan fingerprint density at radius 1 is 1.54 bits per heavy atom. The molecule has 0 aromatic carbocycles. The maximum absolute atomic E-state index is 12.4. The quantitative estimate of drug-likeness (QED) is 0.830. The van der Waals surface area contributed by atoms with E-state index in [1.54, 1.807) is 0 Å². The molecule has 0 amide bonds. The minimum absolute atomic E-state index is 0.0176. The average molecular weight is 210 g/mol. The van der Waals surface area contributed by atoms with E-state index in [4.69, 9.17) is 5.73 Å². The summed E-state index contributed by atoms with van der Waals surface area (Å²) in [4.78, 5) is 3.64. The second-order valence-corrected chi connectivity index (χ2v) is 3.47. The van der Waals surface area contributed by atoms with Crippen LogP contribution in [0.3, 0.4) is 0 Å². The lowest BCUT2D eigenvalue weighted by molar-refractivity contribution is -0.151. The first kappa shape index (κ1) is 10.5. The van der Waals surface area contributed by atoms with E-state index in [9.17, 15) is 13.2 Å². The van der Waals surface area contributed by atoms with Crippen LogP contribution in [0.15, 0.2) is 11.6 Å². The van der Waals surface area contributed by atoms with Gasteiger partial charge in [0.1, 0.15) is 10.9 Å². The lowest BCUT2D eigenvalue weighted by atomic mass is 10.1. The van der Waals surface area contributed by atoms with Gasteiger partial charge in [0.05, 0.1) is 0 Å². The highest BCUT2D eigenvalue weighted by atomic mass is 32.1. The second-order valence-electron chi connectivity index (χ2n) is 2.54. The topological polar surface area (TPSA) is 38.9 Å². The van der Waals surface area contributed by atoms with E-state index in [0.29, 0.717) is 0 Å². The summed E-state index contributed by atoms with van der Waals surface area (Å²) < 4.78 is 37.1. The standard InChI is InChI=1S/C7H9F3N2S/c8-7(9,10)5(1-2-11)6-12-3-4-13-6/h3-5H,1-2,11H2. The number of rotatable bonds is 3. The Kier molecular flexibility index (Phi) is 3.27. The fraction of sp³-hybridized carbons (Fsp3) is 0.571. The molecule has 1 atom stereocenters. The Morgan fingerprint density at radius 3 is 2.62 bits per heavy atom. The van der Waals surface area contributed by atoms with Gasteiger partial charge in [-0.15, -0.1) is 11.3 Å². The van der Waals surface area contributed by atoms with Crippen LogP contribution in [0.2, 0.25) is 0 Å². The molecule has 0 aliphatic rings. The molecule has 0 radical (unpaired) electrons. The molecule has 6 heteroatoms. The van der Waals surface area contributed by atoms with Gasteiger partial charge in [-0.3, -0.25) is 0 Å². The molecule has 0 spiro atoms. The van der Waals surface area contributed by atoms with Crippen molar-refractivity contribution >= 4 is 11.3 Å². The van der Waals surface area contributed by atoms with Gasteiger partial charge in [-0.2, -0.15) is 13.2 Å². The molecule has 0 aliphatic heterocycles. The lowest BCUT2D eigenvalue weighted by Crippen LogP contribution is -2.23. The highest BCUT2D eigenvalue weighted by Gasteiger charge is 2.41. The maximum Gasteiger partial charge on any atom is 0.398 e. The number of halogens is 3. The SMILES string of the molecule is NCCC(c1nccs1)C(F)(F)F. The number of aromatic nitrogens is 1. The molecule has 2 N–H and O–H groups in total. The van der Waals surface area contributed by atoms with Gasteiger partial charge >= 0.3 is 6.18 Å². The van der Waals surface area contributed by atoms with Gasteiger partial charge in [-0.1, -0.05) is 0 Å². The Hall–Kier alpha value is -0.620. The Labute approximate surface area is 77.6 Å². The van der Waals surface area contributed by atoms with Crippen LogP contribution in [-0.2, 0) is 0 Å². The number of nitrogens with zero attached hydrogens (tertiary/aromatic N) is 1. The molecular weight excluding hydrogens is 201 g/mol. The highest BCUT2D eigenvalue weighted by Crippen LogP contribution is 2.37. The van der Waals surface area contributed by atoms with Gasteiger partial charge in [0, 0.05) is 11.6 Å². The van der Waals surface area contributed by atoms with Gasteiger partial charge in [-0.25, -0.2) is 4.98 Å². The molecule has 2 nitrogen and oxygen atoms in total. The molecule has 0 aliphatic carbocycles. The fourth-order valence-electron chi connectivity index (χ4n) is 1.00. The minimum atomic E-state index is -4.24. The molecule has 0 bridgehead atoms. The molecule has 1 aromatic heterocycles. The smallest absolute Gasteiger partial charge is 0.330 e. The van der Waals surface area contributed by atoms with Crippen molar-refractivity contribution in [2.24, 2.45) is 5.73 Å². The molecular formula is C7H9F3N2S. The third-order valence-electron chi connectivity index (χ3n) is 1.60. The largest absolute Gasteiger partial charge is 0.398 e. The zero-order valence-electron chi connectivity index (χ0n) is 6.71. The third-order valence-corrected chi connectivity index (χ3v) is 2.49. The van der Waals surface area contributed by atoms with E-state index >= 15 is 0 Å². The predicted molar refractivity (Wildman–Crippen MR) is 44.6 cm³/mol. The molecule has 0 saturated carbocycles. The van der Waals surface area contributed by atoms with Crippen molar-refractivity contribution in [1.82, 2.24) is 4.98 Å². The summed E-state index contributed by atoms with van der Waals surface area (Å²) in [6.45, 7) is 0.0176. The van der Waals surface area contributed by atoms with Gasteiger partial charge < -0.3 is 5.73 Å². The van der Waals surface area contributed by atoms with E-state index in [2.05, 4.69) is 4.98 Å². The zero-order chi connectivity index (χ0) is 9.90. The van der Waals surface area contributed by atoms with E-state index in [-0.39, 0.29) is 18.0 Å². The van der Waals surface area contributed by atoms with Crippen molar-refractivity contribution < 1.29 is 13.2 Å². The van der Waals surface area contributed by atoms with Crippen molar-refractivity contribution in [3.63, 3.8) is 0 Å². The number of hydrogen-bond donors (Lipinski definition) is 1. The van der Waals surface area contributed by atoms with E-state index in [1.165, 1.54) is 11.6 Å². The molecule has 1 aromatic rings. The van der Waals surface area contributed by atoms with Crippen molar-refractivity contribution in [3.8, 4) is 0 Å². The Balaban J connectivity index is 2.81. The third kappa shape index (κ3) is 2.67. The average Bonchev–Trinajstić information content (AvgIpc) is 2.49. The van der Waals surface area contributed by atoms with E-state index in [1.807, 2.05) is 0 Å². The maximum atomic E-state index is 12.4. The van der Waals surface area contributed by atoms with Crippen molar-refractivity contribution in [2.45, 2.75) is 18.5 Å². The summed E-state index contributed by atoms with van der Waals surface area (Å²) in [6, 6.07) is 0. The van der Waals surface area contributed by atoms with E-state index < -0.39 is 12.1 Å². The van der Waals surface area contributed by atoms with Crippen molar-refractivity contribution in [2.75, 3.05) is 6.54 Å². The first-order chi connectivity index (χ1) is 6.05. The van der Waals surface area contributed by atoms with Crippen LogP contribution in [0.4, 0.5) is 13.2 Å². The summed E-state index contributed by atoms with van der Waals surface area (Å²) >= 11 is 1.01. The number of alkyl halides is 3. The Bertz CT molecular complexity index is 245. The molecule has 0 saturated heterocycles. The fourth-order valence-corrected chi connectivity index (χ4v) is 1.80. The zero-order valence-corrected chi connectivity index (χ0v) is 7.53. The van der Waals surface area contributed by atoms with E-state index in [0.717, 1.165) is 11.3 Å². The van der Waals surface area contributed by atoms with Crippen LogP contribution in [-0.4, -0.2) is 17.7 Å². The molecule has 1 unspecified atom stereocenters. The van der Waals surface area contributed by atoms with Gasteiger partial charge in [0.15, 0.2) is 0 Å². The number of thiazole rings is 1. The monoisotopic (exact) mass is 210 g/mol. The molecule has 1 heterocycles. The second kappa shape index (κ2) is 4.06.